The van der Waals surface area contributed by atoms with E-state index in [4.69, 9.17) is 4.98 Å². The Labute approximate surface area is 186 Å². The van der Waals surface area contributed by atoms with Crippen LogP contribution in [-0.2, 0) is 7.05 Å². The zero-order valence-electron chi connectivity index (χ0n) is 18.4. The van der Waals surface area contributed by atoms with Gasteiger partial charge < -0.3 is 19.1 Å². The van der Waals surface area contributed by atoms with Crippen LogP contribution in [0.25, 0.3) is 34.3 Å². The second-order valence-electron chi connectivity index (χ2n) is 8.50. The van der Waals surface area contributed by atoms with Crippen LogP contribution in [0.4, 0.5) is 4.39 Å². The first kappa shape index (κ1) is 20.7. The van der Waals surface area contributed by atoms with Crippen molar-refractivity contribution in [1.82, 2.24) is 19.0 Å². The van der Waals surface area contributed by atoms with E-state index in [-0.39, 0.29) is 18.2 Å². The molecule has 32 heavy (non-hydrogen) atoms. The molecule has 2 aromatic heterocycles. The van der Waals surface area contributed by atoms with Crippen LogP contribution >= 0.6 is 0 Å². The van der Waals surface area contributed by atoms with Gasteiger partial charge >= 0.3 is 0 Å². The van der Waals surface area contributed by atoms with Crippen molar-refractivity contribution < 1.29 is 14.3 Å². The number of aliphatic hydroxyl groups excluding tert-OH is 1. The minimum Gasteiger partial charge on any atom is -0.396 e. The molecule has 7 heteroatoms. The van der Waals surface area contributed by atoms with E-state index in [0.717, 1.165) is 49.3 Å². The van der Waals surface area contributed by atoms with E-state index in [0.29, 0.717) is 23.1 Å². The number of carbonyl (C=O) groups is 1. The Bertz CT molecular complexity index is 1270. The van der Waals surface area contributed by atoms with Gasteiger partial charge in [-0.2, -0.15) is 0 Å². The van der Waals surface area contributed by atoms with E-state index in [9.17, 15) is 14.3 Å². The van der Waals surface area contributed by atoms with E-state index in [1.165, 1.54) is 11.8 Å². The number of benzene rings is 1. The summed E-state index contributed by atoms with van der Waals surface area (Å²) in [7, 11) is 1.82. The average molecular weight is 435 g/mol. The number of hydrogen-bond donors (Lipinski definition) is 1. The highest BCUT2D eigenvalue weighted by atomic mass is 19.1. The summed E-state index contributed by atoms with van der Waals surface area (Å²) in [6.07, 6.45) is 9.72. The molecule has 0 spiro atoms. The second-order valence-corrected chi connectivity index (χ2v) is 8.50. The van der Waals surface area contributed by atoms with Gasteiger partial charge in [-0.15, -0.1) is 0 Å². The molecule has 0 bridgehead atoms. The summed E-state index contributed by atoms with van der Waals surface area (Å²) in [5.74, 6) is 0.241. The molecule has 1 aromatic carbocycles. The molecule has 1 aliphatic carbocycles. The maximum Gasteiger partial charge on any atom is 0.157 e. The highest BCUT2D eigenvalue weighted by Crippen LogP contribution is 2.42. The number of allylic oxidation sites excluding steroid dienone is 2. The van der Waals surface area contributed by atoms with Crippen LogP contribution < -0.4 is 0 Å². The number of nitrogens with zero attached hydrogens (tertiary/aromatic N) is 4. The van der Waals surface area contributed by atoms with E-state index in [1.807, 2.05) is 7.05 Å². The fourth-order valence-electron chi connectivity index (χ4n) is 5.08. The fourth-order valence-corrected chi connectivity index (χ4v) is 5.08. The normalized spacial score (nSPS) is 17.4. The zero-order chi connectivity index (χ0) is 22.4. The van der Waals surface area contributed by atoms with Crippen molar-refractivity contribution in [2.45, 2.75) is 32.2 Å². The molecular formula is C25H27FN4O2. The Balaban J connectivity index is 1.73. The summed E-state index contributed by atoms with van der Waals surface area (Å²) in [6.45, 7) is 4.01. The van der Waals surface area contributed by atoms with Crippen molar-refractivity contribution in [3.63, 3.8) is 0 Å². The lowest BCUT2D eigenvalue weighted by Gasteiger charge is -2.39. The third-order valence-electron chi connectivity index (χ3n) is 6.56. The Kier molecular flexibility index (Phi) is 5.21. The predicted molar refractivity (Wildman–Crippen MR) is 124 cm³/mol. The third kappa shape index (κ3) is 3.11. The molecule has 0 saturated carbocycles. The lowest BCUT2D eigenvalue weighted by Crippen LogP contribution is -2.37. The molecule has 3 aromatic rings. The molecule has 0 fully saturated rings. The first-order chi connectivity index (χ1) is 15.6. The Morgan fingerprint density at radius 1 is 1.31 bits per heavy atom. The van der Waals surface area contributed by atoms with E-state index in [1.54, 1.807) is 10.6 Å². The molecule has 166 valence electrons. The fraction of sp³-hybridized carbons (Fsp3) is 0.360. The van der Waals surface area contributed by atoms with Crippen LogP contribution in [0, 0.1) is 5.82 Å². The van der Waals surface area contributed by atoms with Gasteiger partial charge in [-0.3, -0.25) is 4.79 Å². The summed E-state index contributed by atoms with van der Waals surface area (Å²) in [5, 5.41) is 9.38. The minimum absolute atomic E-state index is 0.173. The number of aryl methyl sites for hydroxylation is 1. The van der Waals surface area contributed by atoms with Crippen molar-refractivity contribution >= 4 is 29.1 Å². The molecular weight excluding hydrogens is 407 g/mol. The van der Waals surface area contributed by atoms with Gasteiger partial charge in [-0.05, 0) is 37.5 Å². The van der Waals surface area contributed by atoms with Gasteiger partial charge in [-0.25, -0.2) is 9.37 Å². The summed E-state index contributed by atoms with van der Waals surface area (Å²) in [6, 6.07) is 5.27. The molecule has 5 rings (SSSR count). The van der Waals surface area contributed by atoms with Crippen molar-refractivity contribution in [2.24, 2.45) is 7.05 Å². The third-order valence-corrected chi connectivity index (χ3v) is 6.56. The quantitative estimate of drug-likeness (QED) is 0.584. The maximum atomic E-state index is 14.8. The number of aliphatic hydroxyl groups is 1. The smallest absolute Gasteiger partial charge is 0.157 e. The largest absolute Gasteiger partial charge is 0.396 e. The van der Waals surface area contributed by atoms with E-state index in [2.05, 4.69) is 40.7 Å². The van der Waals surface area contributed by atoms with Crippen LogP contribution in [-0.4, -0.2) is 50.1 Å². The van der Waals surface area contributed by atoms with Crippen molar-refractivity contribution in [3.8, 4) is 11.5 Å². The predicted octanol–water partition coefficient (Wildman–Crippen LogP) is 4.40. The van der Waals surface area contributed by atoms with Crippen molar-refractivity contribution in [2.75, 3.05) is 19.7 Å². The summed E-state index contributed by atoms with van der Waals surface area (Å²) in [4.78, 5) is 18.4. The van der Waals surface area contributed by atoms with Gasteiger partial charge in [0, 0.05) is 37.9 Å². The summed E-state index contributed by atoms with van der Waals surface area (Å²) < 4.78 is 18.9. The summed E-state index contributed by atoms with van der Waals surface area (Å²) >= 11 is 0. The SMILES string of the molecule is CCC1CN(CCCO)C2=CCC=Cc3cc(-c4nc5cc(C=O)cc(F)c5n4C)n1c32. The van der Waals surface area contributed by atoms with Gasteiger partial charge in [0.25, 0.3) is 0 Å². The number of halogens is 1. The Morgan fingerprint density at radius 2 is 2.16 bits per heavy atom. The number of fused-ring (bicyclic) bond motifs is 1. The molecule has 0 saturated heterocycles. The molecule has 1 unspecified atom stereocenters. The van der Waals surface area contributed by atoms with Crippen molar-refractivity contribution in [3.05, 3.63) is 53.0 Å². The van der Waals surface area contributed by atoms with Gasteiger partial charge in [0.1, 0.15) is 17.6 Å². The topological polar surface area (TPSA) is 63.3 Å². The number of hydrogen-bond acceptors (Lipinski definition) is 4. The van der Waals surface area contributed by atoms with Gasteiger partial charge in [0.2, 0.25) is 0 Å². The minimum atomic E-state index is -0.444. The lowest BCUT2D eigenvalue weighted by atomic mass is 10.1. The average Bonchev–Trinajstić information content (AvgIpc) is 3.25. The van der Waals surface area contributed by atoms with E-state index < -0.39 is 5.82 Å². The molecule has 3 heterocycles. The second kappa shape index (κ2) is 8.06. The van der Waals surface area contributed by atoms with Crippen molar-refractivity contribution in [1.29, 1.82) is 0 Å². The first-order valence-electron chi connectivity index (χ1n) is 11.2. The summed E-state index contributed by atoms with van der Waals surface area (Å²) in [5.41, 5.74) is 5.58. The molecule has 0 radical (unpaired) electrons. The first-order valence-corrected chi connectivity index (χ1v) is 11.2. The van der Waals surface area contributed by atoms with Crippen LogP contribution in [0.15, 0.2) is 30.4 Å². The number of rotatable bonds is 6. The van der Waals surface area contributed by atoms with Crippen LogP contribution in [0.3, 0.4) is 0 Å². The van der Waals surface area contributed by atoms with Crippen LogP contribution in [0.5, 0.6) is 0 Å². The molecule has 0 amide bonds. The molecule has 1 aliphatic heterocycles. The van der Waals surface area contributed by atoms with Gasteiger partial charge in [0.15, 0.2) is 5.82 Å². The monoisotopic (exact) mass is 434 g/mol. The molecule has 6 nitrogen and oxygen atoms in total. The van der Waals surface area contributed by atoms with Gasteiger partial charge in [-0.1, -0.05) is 25.2 Å². The van der Waals surface area contributed by atoms with Gasteiger partial charge in [0.05, 0.1) is 28.6 Å². The Morgan fingerprint density at radius 3 is 2.91 bits per heavy atom. The highest BCUT2D eigenvalue weighted by molar-refractivity contribution is 5.88. The molecule has 2 aliphatic rings. The molecule has 1 atom stereocenters. The number of aldehydes is 1. The highest BCUT2D eigenvalue weighted by Gasteiger charge is 2.33. The van der Waals surface area contributed by atoms with E-state index >= 15 is 0 Å². The number of imidazole rings is 1. The van der Waals surface area contributed by atoms with Crippen LogP contribution in [0.1, 0.15) is 53.8 Å². The Hall–Kier alpha value is -3.19. The lowest BCUT2D eigenvalue weighted by molar-refractivity contribution is 0.112. The standard InChI is InChI=1S/C25H27FN4O2/c1-3-18-14-29(9-6-10-31)21-8-5-4-7-17-13-22(30(18)23(17)21)25-27-20-12-16(15-32)11-19(26)24(20)28(25)2/h4,7-8,11-13,15,18,31H,3,5-6,9-10,14H2,1-2H3. The molecule has 1 N–H and O–H groups in total. The van der Waals surface area contributed by atoms with Crippen LogP contribution in [0.2, 0.25) is 0 Å². The maximum absolute atomic E-state index is 14.8. The number of aromatic nitrogens is 3. The zero-order valence-corrected chi connectivity index (χ0v) is 18.4. The number of carbonyl (C=O) groups excluding carboxylic acids is 1.